The van der Waals surface area contributed by atoms with Crippen LogP contribution in [0.4, 0.5) is 17.1 Å². The number of nitrogens with zero attached hydrogens (tertiary/aromatic N) is 1. The van der Waals surface area contributed by atoms with Gasteiger partial charge in [-0.05, 0) is 168 Å². The maximum Gasteiger partial charge on any atom is 0.0726 e. The molecule has 1 atom stereocenters. The maximum atomic E-state index is 4.49. The highest BCUT2D eigenvalue weighted by atomic mass is 15.1. The second-order valence-corrected chi connectivity index (χ2v) is 22.2. The van der Waals surface area contributed by atoms with Gasteiger partial charge in [0.25, 0.3) is 0 Å². The van der Waals surface area contributed by atoms with Gasteiger partial charge < -0.3 is 4.90 Å². The first-order valence-corrected chi connectivity index (χ1v) is 23.9. The first kappa shape index (κ1) is 40.8. The number of hydrogen-bond acceptors (Lipinski definition) is 1. The third-order valence-corrected chi connectivity index (χ3v) is 16.2. The molecule has 1 fully saturated rings. The Hall–Kier alpha value is -5.92. The molecule has 0 bridgehead atoms. The molecule has 1 spiro atoms. The van der Waals surface area contributed by atoms with Crippen LogP contribution in [-0.2, 0) is 27.1 Å². The van der Waals surface area contributed by atoms with Gasteiger partial charge in [-0.2, -0.15) is 0 Å². The zero-order chi connectivity index (χ0) is 44.6. The van der Waals surface area contributed by atoms with Crippen molar-refractivity contribution in [2.75, 3.05) is 4.90 Å². The van der Waals surface area contributed by atoms with Crippen LogP contribution in [-0.4, -0.2) is 0 Å². The van der Waals surface area contributed by atoms with E-state index in [9.17, 15) is 0 Å². The summed E-state index contributed by atoms with van der Waals surface area (Å²) in [7, 11) is 0. The van der Waals surface area contributed by atoms with Crippen LogP contribution in [0.3, 0.4) is 0 Å². The van der Waals surface area contributed by atoms with E-state index in [-0.39, 0.29) is 21.7 Å². The Labute approximate surface area is 382 Å². The quantitative estimate of drug-likeness (QED) is 0.156. The summed E-state index contributed by atoms with van der Waals surface area (Å²) in [5.74, 6) is 0. The summed E-state index contributed by atoms with van der Waals surface area (Å²) in [6.07, 6.45) is 5.79. The predicted molar refractivity (Wildman–Crippen MR) is 272 cm³/mol. The van der Waals surface area contributed by atoms with Crippen LogP contribution < -0.4 is 4.90 Å². The van der Waals surface area contributed by atoms with Crippen LogP contribution in [0.2, 0.25) is 0 Å². The first-order valence-electron chi connectivity index (χ1n) is 23.9. The van der Waals surface area contributed by atoms with Gasteiger partial charge in [0.1, 0.15) is 0 Å². The number of anilines is 3. The molecule has 11 rings (SSSR count). The average molecular weight is 834 g/mol. The normalized spacial score (nSPS) is 18.5. The molecular weight excluding hydrogens is 771 g/mol. The lowest BCUT2D eigenvalue weighted by Gasteiger charge is -2.38. The van der Waals surface area contributed by atoms with E-state index in [2.05, 4.69) is 219 Å². The van der Waals surface area contributed by atoms with Crippen molar-refractivity contribution in [1.29, 1.82) is 0 Å². The molecule has 0 heterocycles. The Kier molecular flexibility index (Phi) is 8.96. The van der Waals surface area contributed by atoms with E-state index in [0.29, 0.717) is 0 Å². The molecule has 4 aliphatic rings. The maximum absolute atomic E-state index is 4.49. The van der Waals surface area contributed by atoms with E-state index in [0.717, 1.165) is 19.3 Å². The molecule has 0 amide bonds. The number of fused-ring (bicyclic) bond motifs is 13. The van der Waals surface area contributed by atoms with Crippen LogP contribution >= 0.6 is 0 Å². The van der Waals surface area contributed by atoms with Gasteiger partial charge in [-0.15, -0.1) is 0 Å². The van der Waals surface area contributed by atoms with Gasteiger partial charge in [-0.3, -0.25) is 0 Å². The summed E-state index contributed by atoms with van der Waals surface area (Å²) in [6, 6.07) is 57.3. The van der Waals surface area contributed by atoms with Crippen molar-refractivity contribution in [3.8, 4) is 33.4 Å². The Balaban J connectivity index is 1.17. The minimum atomic E-state index is -0.483. The molecule has 7 aromatic carbocycles. The minimum Gasteiger partial charge on any atom is -0.310 e. The van der Waals surface area contributed by atoms with Crippen LogP contribution in [0.25, 0.3) is 33.4 Å². The van der Waals surface area contributed by atoms with Crippen LogP contribution in [0.1, 0.15) is 144 Å². The van der Waals surface area contributed by atoms with E-state index in [1.165, 1.54) is 119 Å². The van der Waals surface area contributed by atoms with Gasteiger partial charge in [0.05, 0.1) is 5.41 Å². The van der Waals surface area contributed by atoms with Crippen molar-refractivity contribution in [3.05, 3.63) is 208 Å². The van der Waals surface area contributed by atoms with E-state index < -0.39 is 5.41 Å². The lowest BCUT2D eigenvalue weighted by Crippen LogP contribution is -2.29. The zero-order valence-corrected chi connectivity index (χ0v) is 39.5. The summed E-state index contributed by atoms with van der Waals surface area (Å²) in [4.78, 5) is 2.55. The molecule has 64 heavy (non-hydrogen) atoms. The molecule has 1 nitrogen and oxygen atoms in total. The molecular formula is C63H63N. The van der Waals surface area contributed by atoms with Crippen molar-refractivity contribution in [2.45, 2.75) is 121 Å². The van der Waals surface area contributed by atoms with Gasteiger partial charge >= 0.3 is 0 Å². The third-order valence-electron chi connectivity index (χ3n) is 16.2. The van der Waals surface area contributed by atoms with Crippen molar-refractivity contribution in [2.24, 2.45) is 0 Å². The standard InChI is InChI=1S/C63H63N/c1-11-62(34-16-17-40(2)39-62)41-22-26-44(27-23-41)64(45-28-32-49-47-18-12-14-20-53(47)61(9,10)55(49)37-45)46-29-33-52-48-19-13-15-21-54(48)63(58(52)38-46)56-35-42(59(3,4)5)24-30-50(56)51-31-25-43(36-57(51)63)60(6,7)8/h12-15,18-33,35-38H,2,11,16-17,34,39H2,1,3-10H3. The highest BCUT2D eigenvalue weighted by Crippen LogP contribution is 2.64. The minimum absolute atomic E-state index is 0.00441. The highest BCUT2D eigenvalue weighted by Gasteiger charge is 2.52. The van der Waals surface area contributed by atoms with E-state index >= 15 is 0 Å². The Morgan fingerprint density at radius 2 is 0.953 bits per heavy atom. The highest BCUT2D eigenvalue weighted by molar-refractivity contribution is 5.97. The molecule has 0 radical (unpaired) electrons. The lowest BCUT2D eigenvalue weighted by molar-refractivity contribution is 0.330. The SMILES string of the molecule is C=C1CCCC(CC)(c2ccc(N(c3ccc4c(c3)C(C)(C)c3ccccc3-4)c3ccc4c(c3)C3(c5ccccc5-4)c4cc(C(C)(C)C)ccc4-c4ccc(C(C)(C)C)cc43)cc2)C1. The fourth-order valence-electron chi connectivity index (χ4n) is 12.6. The smallest absolute Gasteiger partial charge is 0.0726 e. The fourth-order valence-corrected chi connectivity index (χ4v) is 12.6. The molecule has 0 saturated heterocycles. The van der Waals surface area contributed by atoms with E-state index in [1.54, 1.807) is 0 Å². The summed E-state index contributed by atoms with van der Waals surface area (Å²) >= 11 is 0. The third kappa shape index (κ3) is 5.81. The fraction of sp³-hybridized carbons (Fsp3) is 0.302. The summed E-state index contributed by atoms with van der Waals surface area (Å²) in [5.41, 5.74) is 25.0. The number of hydrogen-bond donors (Lipinski definition) is 0. The van der Waals surface area contributed by atoms with Crippen molar-refractivity contribution < 1.29 is 0 Å². The van der Waals surface area contributed by atoms with Gasteiger partial charge in [-0.25, -0.2) is 0 Å². The predicted octanol–water partition coefficient (Wildman–Crippen LogP) is 17.2. The Morgan fingerprint density at radius 1 is 0.500 bits per heavy atom. The molecule has 0 aromatic heterocycles. The van der Waals surface area contributed by atoms with E-state index in [1.807, 2.05) is 0 Å². The molecule has 7 aromatic rings. The lowest BCUT2D eigenvalue weighted by atomic mass is 9.66. The number of allylic oxidation sites excluding steroid dienone is 1. The summed E-state index contributed by atoms with van der Waals surface area (Å²) in [6.45, 7) is 25.7. The molecule has 0 aliphatic heterocycles. The summed E-state index contributed by atoms with van der Waals surface area (Å²) in [5, 5.41) is 0. The molecule has 1 unspecified atom stereocenters. The van der Waals surface area contributed by atoms with Crippen LogP contribution in [0, 0.1) is 0 Å². The second kappa shape index (κ2) is 14.0. The zero-order valence-electron chi connectivity index (χ0n) is 39.5. The van der Waals surface area contributed by atoms with Gasteiger partial charge in [0, 0.05) is 22.5 Å². The van der Waals surface area contributed by atoms with Crippen molar-refractivity contribution in [1.82, 2.24) is 0 Å². The van der Waals surface area contributed by atoms with Gasteiger partial charge in [-0.1, -0.05) is 184 Å². The Morgan fingerprint density at radius 3 is 1.50 bits per heavy atom. The Bertz CT molecular complexity index is 2990. The average Bonchev–Trinajstić information content (AvgIpc) is 3.83. The molecule has 1 heteroatoms. The van der Waals surface area contributed by atoms with Gasteiger partial charge in [0.2, 0.25) is 0 Å². The summed E-state index contributed by atoms with van der Waals surface area (Å²) < 4.78 is 0. The van der Waals surface area contributed by atoms with Gasteiger partial charge in [0.15, 0.2) is 0 Å². The largest absolute Gasteiger partial charge is 0.310 e. The molecule has 320 valence electrons. The van der Waals surface area contributed by atoms with Crippen molar-refractivity contribution >= 4 is 17.1 Å². The van der Waals surface area contributed by atoms with E-state index in [4.69, 9.17) is 0 Å². The number of benzene rings is 7. The van der Waals surface area contributed by atoms with Crippen LogP contribution in [0.5, 0.6) is 0 Å². The monoisotopic (exact) mass is 833 g/mol. The number of rotatable bonds is 5. The molecule has 4 aliphatic carbocycles. The van der Waals surface area contributed by atoms with Crippen LogP contribution in [0.15, 0.2) is 158 Å². The second-order valence-electron chi connectivity index (χ2n) is 22.2. The topological polar surface area (TPSA) is 3.24 Å². The van der Waals surface area contributed by atoms with Crippen molar-refractivity contribution in [3.63, 3.8) is 0 Å². The molecule has 0 N–H and O–H groups in total. The first-order chi connectivity index (χ1) is 30.6. The molecule has 1 saturated carbocycles.